The average Bonchev–Trinajstić information content (AvgIpc) is 3.41. The van der Waals surface area contributed by atoms with Crippen LogP contribution in [0.5, 0.6) is 0 Å². The van der Waals surface area contributed by atoms with E-state index in [4.69, 9.17) is 0 Å². The number of carbonyl (C=O) groups excluding carboxylic acids is 1. The van der Waals surface area contributed by atoms with Crippen LogP contribution in [0, 0.1) is 5.92 Å². The summed E-state index contributed by atoms with van der Waals surface area (Å²) in [6.07, 6.45) is 8.36. The van der Waals surface area contributed by atoms with E-state index in [0.29, 0.717) is 12.0 Å². The fourth-order valence-electron chi connectivity index (χ4n) is 4.10. The van der Waals surface area contributed by atoms with Crippen LogP contribution in [0.2, 0.25) is 0 Å². The van der Waals surface area contributed by atoms with Gasteiger partial charge in [-0.2, -0.15) is 11.8 Å². The number of aryl methyl sites for hydroxylation is 1. The van der Waals surface area contributed by atoms with Gasteiger partial charge in [-0.25, -0.2) is 9.78 Å². The minimum absolute atomic E-state index is 0.0596. The molecule has 2 aliphatic heterocycles. The van der Waals surface area contributed by atoms with Crippen LogP contribution in [0.1, 0.15) is 37.5 Å². The first-order valence-corrected chi connectivity index (χ1v) is 10.7. The predicted octanol–water partition coefficient (Wildman–Crippen LogP) is 2.09. The number of imidazole rings is 1. The number of nitrogens with zero attached hydrogens (tertiary/aromatic N) is 4. The molecule has 1 N–H and O–H groups in total. The predicted molar refractivity (Wildman–Crippen MR) is 101 cm³/mol. The summed E-state index contributed by atoms with van der Waals surface area (Å²) in [5, 5.41) is 3.27. The number of hydrogen-bond acceptors (Lipinski definition) is 4. The zero-order valence-electron chi connectivity index (χ0n) is 15.1. The summed E-state index contributed by atoms with van der Waals surface area (Å²) < 4.78 is 2.03. The third-order valence-electron chi connectivity index (χ3n) is 5.82. The highest BCUT2D eigenvalue weighted by Crippen LogP contribution is 2.40. The SMILES string of the molecule is Cn1ccnc1C(NC(=O)N1CCC(N2CCSCC2)CC1)C1CC1. The van der Waals surface area contributed by atoms with Crippen LogP contribution in [-0.4, -0.2) is 69.1 Å². The number of amides is 2. The number of thioether (sulfide) groups is 1. The first kappa shape index (κ1) is 17.2. The Morgan fingerprint density at radius 1 is 1.20 bits per heavy atom. The summed E-state index contributed by atoms with van der Waals surface area (Å²) in [5.41, 5.74) is 0. The van der Waals surface area contributed by atoms with Crippen LogP contribution >= 0.6 is 11.8 Å². The van der Waals surface area contributed by atoms with E-state index >= 15 is 0 Å². The average molecular weight is 364 g/mol. The topological polar surface area (TPSA) is 53.4 Å². The Morgan fingerprint density at radius 3 is 2.52 bits per heavy atom. The molecule has 1 unspecified atom stereocenters. The number of likely N-dealkylation sites (tertiary alicyclic amines) is 1. The normalized spacial score (nSPS) is 24.3. The summed E-state index contributed by atoms with van der Waals surface area (Å²) in [5.74, 6) is 4.05. The Bertz CT molecular complexity index is 588. The van der Waals surface area contributed by atoms with Gasteiger partial charge in [0.15, 0.2) is 0 Å². The van der Waals surface area contributed by atoms with E-state index in [9.17, 15) is 4.79 Å². The van der Waals surface area contributed by atoms with Crippen molar-refractivity contribution in [1.29, 1.82) is 0 Å². The quantitative estimate of drug-likeness (QED) is 0.890. The van der Waals surface area contributed by atoms with Gasteiger partial charge in [0.2, 0.25) is 0 Å². The number of urea groups is 1. The van der Waals surface area contributed by atoms with E-state index in [0.717, 1.165) is 31.8 Å². The summed E-state index contributed by atoms with van der Waals surface area (Å²) in [7, 11) is 2.01. The van der Waals surface area contributed by atoms with Crippen LogP contribution in [0.25, 0.3) is 0 Å². The van der Waals surface area contributed by atoms with Gasteiger partial charge in [0, 0.05) is 63.2 Å². The van der Waals surface area contributed by atoms with Crippen molar-refractivity contribution >= 4 is 17.8 Å². The van der Waals surface area contributed by atoms with Crippen LogP contribution in [-0.2, 0) is 7.05 Å². The minimum Gasteiger partial charge on any atom is -0.336 e. The maximum atomic E-state index is 12.8. The summed E-state index contributed by atoms with van der Waals surface area (Å²) in [6.45, 7) is 4.17. The first-order chi connectivity index (χ1) is 12.2. The molecule has 0 spiro atoms. The van der Waals surface area contributed by atoms with Gasteiger partial charge in [0.05, 0.1) is 6.04 Å². The highest BCUT2D eigenvalue weighted by molar-refractivity contribution is 7.99. The molecule has 1 aromatic heterocycles. The fourth-order valence-corrected chi connectivity index (χ4v) is 5.03. The molecule has 1 aliphatic carbocycles. The van der Waals surface area contributed by atoms with Crippen molar-refractivity contribution in [2.24, 2.45) is 13.0 Å². The summed E-state index contributed by atoms with van der Waals surface area (Å²) in [4.78, 5) is 21.9. The third-order valence-corrected chi connectivity index (χ3v) is 6.77. The second kappa shape index (κ2) is 7.58. The van der Waals surface area contributed by atoms with Crippen LogP contribution < -0.4 is 5.32 Å². The van der Waals surface area contributed by atoms with Gasteiger partial charge in [-0.15, -0.1) is 0 Å². The van der Waals surface area contributed by atoms with E-state index in [2.05, 4.69) is 27.0 Å². The molecule has 1 saturated carbocycles. The molecular formula is C18H29N5OS. The van der Waals surface area contributed by atoms with Crippen molar-refractivity contribution in [1.82, 2.24) is 24.7 Å². The number of nitrogens with one attached hydrogen (secondary N) is 1. The Balaban J connectivity index is 1.32. The maximum absolute atomic E-state index is 12.8. The van der Waals surface area contributed by atoms with Gasteiger partial charge >= 0.3 is 6.03 Å². The first-order valence-electron chi connectivity index (χ1n) is 9.57. The van der Waals surface area contributed by atoms with Crippen molar-refractivity contribution in [2.75, 3.05) is 37.7 Å². The molecule has 138 valence electrons. The smallest absolute Gasteiger partial charge is 0.317 e. The third kappa shape index (κ3) is 3.97. The zero-order valence-corrected chi connectivity index (χ0v) is 15.9. The van der Waals surface area contributed by atoms with Gasteiger partial charge in [-0.05, 0) is 31.6 Å². The van der Waals surface area contributed by atoms with Gasteiger partial charge in [-0.1, -0.05) is 0 Å². The molecular weight excluding hydrogens is 334 g/mol. The molecule has 1 aromatic rings. The molecule has 3 heterocycles. The lowest BCUT2D eigenvalue weighted by molar-refractivity contribution is 0.122. The molecule has 2 amide bonds. The number of carbonyl (C=O) groups is 1. The molecule has 6 nitrogen and oxygen atoms in total. The molecule has 3 fully saturated rings. The van der Waals surface area contributed by atoms with Crippen LogP contribution in [0.3, 0.4) is 0 Å². The molecule has 7 heteroatoms. The molecule has 3 aliphatic rings. The van der Waals surface area contributed by atoms with Crippen molar-refractivity contribution in [3.05, 3.63) is 18.2 Å². The van der Waals surface area contributed by atoms with Gasteiger partial charge < -0.3 is 14.8 Å². The Labute approximate surface area is 154 Å². The van der Waals surface area contributed by atoms with E-state index in [1.165, 1.54) is 37.4 Å². The molecule has 0 bridgehead atoms. The van der Waals surface area contributed by atoms with Crippen LogP contribution in [0.15, 0.2) is 12.4 Å². The van der Waals surface area contributed by atoms with Crippen molar-refractivity contribution in [3.63, 3.8) is 0 Å². The second-order valence-electron chi connectivity index (χ2n) is 7.53. The standard InChI is InChI=1S/C18H29N5OS/c1-21-9-6-19-17(21)16(14-2-3-14)20-18(24)23-7-4-15(5-8-23)22-10-12-25-13-11-22/h6,9,14-16H,2-5,7-8,10-13H2,1H3,(H,20,24). The largest absolute Gasteiger partial charge is 0.336 e. The minimum atomic E-state index is 0.0596. The summed E-state index contributed by atoms with van der Waals surface area (Å²) >= 11 is 2.06. The van der Waals surface area contributed by atoms with Crippen molar-refractivity contribution in [2.45, 2.75) is 37.8 Å². The fraction of sp³-hybridized carbons (Fsp3) is 0.778. The summed E-state index contributed by atoms with van der Waals surface area (Å²) in [6, 6.07) is 0.815. The Morgan fingerprint density at radius 2 is 1.92 bits per heavy atom. The Hall–Kier alpha value is -1.21. The van der Waals surface area contributed by atoms with E-state index < -0.39 is 0 Å². The number of rotatable bonds is 4. The zero-order chi connectivity index (χ0) is 17.2. The lowest BCUT2D eigenvalue weighted by Gasteiger charge is -2.40. The molecule has 2 saturated heterocycles. The van der Waals surface area contributed by atoms with E-state index in [-0.39, 0.29) is 12.1 Å². The molecule has 0 radical (unpaired) electrons. The highest BCUT2D eigenvalue weighted by atomic mass is 32.2. The number of aromatic nitrogens is 2. The van der Waals surface area contributed by atoms with Gasteiger partial charge in [0.1, 0.15) is 5.82 Å². The molecule has 25 heavy (non-hydrogen) atoms. The molecule has 1 atom stereocenters. The monoisotopic (exact) mass is 363 g/mol. The highest BCUT2D eigenvalue weighted by Gasteiger charge is 2.37. The maximum Gasteiger partial charge on any atom is 0.317 e. The second-order valence-corrected chi connectivity index (χ2v) is 8.75. The lowest BCUT2D eigenvalue weighted by atomic mass is 10.0. The molecule has 0 aromatic carbocycles. The van der Waals surface area contributed by atoms with E-state index in [1.807, 2.05) is 28.9 Å². The number of hydrogen-bond donors (Lipinski definition) is 1. The van der Waals surface area contributed by atoms with E-state index in [1.54, 1.807) is 0 Å². The Kier molecular flexibility index (Phi) is 5.22. The van der Waals surface area contributed by atoms with Crippen LogP contribution in [0.4, 0.5) is 4.79 Å². The number of piperidine rings is 1. The van der Waals surface area contributed by atoms with Gasteiger partial charge in [0.25, 0.3) is 0 Å². The molecule has 4 rings (SSSR count). The van der Waals surface area contributed by atoms with Crippen molar-refractivity contribution < 1.29 is 4.79 Å². The lowest BCUT2D eigenvalue weighted by Crippen LogP contribution is -2.51. The van der Waals surface area contributed by atoms with Crippen molar-refractivity contribution in [3.8, 4) is 0 Å². The van der Waals surface area contributed by atoms with Gasteiger partial charge in [-0.3, -0.25) is 4.90 Å².